The first-order valence-corrected chi connectivity index (χ1v) is 8.43. The molecule has 22 heavy (non-hydrogen) atoms. The molecule has 0 amide bonds. The van der Waals surface area contributed by atoms with Crippen LogP contribution in [-0.4, -0.2) is 19.6 Å². The van der Waals surface area contributed by atoms with Gasteiger partial charge in [0, 0.05) is 10.6 Å². The average molecular weight is 339 g/mol. The molecule has 2 heterocycles. The van der Waals surface area contributed by atoms with Crippen LogP contribution in [0.3, 0.4) is 0 Å². The van der Waals surface area contributed by atoms with Gasteiger partial charge in [0.05, 0.1) is 11.6 Å². The molecule has 0 spiro atoms. The van der Waals surface area contributed by atoms with Crippen LogP contribution in [0.25, 0.3) is 11.3 Å². The van der Waals surface area contributed by atoms with Gasteiger partial charge in [-0.3, -0.25) is 0 Å². The first-order chi connectivity index (χ1) is 10.7. The van der Waals surface area contributed by atoms with E-state index >= 15 is 0 Å². The van der Waals surface area contributed by atoms with Gasteiger partial charge >= 0.3 is 0 Å². The minimum atomic E-state index is 0.646. The van der Waals surface area contributed by atoms with Gasteiger partial charge in [0.25, 0.3) is 0 Å². The molecule has 0 unspecified atom stereocenters. The molecule has 1 saturated heterocycles. The van der Waals surface area contributed by atoms with E-state index < -0.39 is 0 Å². The van der Waals surface area contributed by atoms with Gasteiger partial charge in [-0.2, -0.15) is 0 Å². The van der Waals surface area contributed by atoms with Crippen LogP contribution in [0.4, 0.5) is 0 Å². The molecule has 3 rings (SSSR count). The highest BCUT2D eigenvalue weighted by atomic mass is 35.5. The Morgan fingerprint density at radius 2 is 1.95 bits per heavy atom. The van der Waals surface area contributed by atoms with Crippen molar-refractivity contribution in [3.63, 3.8) is 0 Å². The number of rotatable bonds is 5. The monoisotopic (exact) mass is 338 g/mol. The first kappa shape index (κ1) is 15.9. The number of furan rings is 1. The molecule has 1 aliphatic heterocycles. The second-order valence-corrected chi connectivity index (χ2v) is 6.56. The topological polar surface area (TPSA) is 37.2 Å². The van der Waals surface area contributed by atoms with Crippen LogP contribution in [0.5, 0.6) is 0 Å². The van der Waals surface area contributed by atoms with Crippen LogP contribution < -0.4 is 10.6 Å². The first-order valence-electron chi connectivity index (χ1n) is 7.68. The Morgan fingerprint density at radius 1 is 1.14 bits per heavy atom. The third-order valence-corrected chi connectivity index (χ3v) is 4.61. The van der Waals surface area contributed by atoms with Crippen LogP contribution in [0.15, 0.2) is 34.7 Å². The minimum absolute atomic E-state index is 0.646. The molecule has 2 aromatic rings. The fourth-order valence-electron chi connectivity index (χ4n) is 2.79. The van der Waals surface area contributed by atoms with Gasteiger partial charge in [-0.25, -0.2) is 0 Å². The summed E-state index contributed by atoms with van der Waals surface area (Å²) < 4.78 is 5.88. The smallest absolute Gasteiger partial charge is 0.135 e. The van der Waals surface area contributed by atoms with Crippen LogP contribution in [0.2, 0.25) is 10.0 Å². The Hall–Kier alpha value is -1.00. The molecule has 0 bridgehead atoms. The molecule has 0 radical (unpaired) electrons. The lowest BCUT2D eigenvalue weighted by atomic mass is 9.98. The summed E-state index contributed by atoms with van der Waals surface area (Å²) in [7, 11) is 0. The fourth-order valence-corrected chi connectivity index (χ4v) is 3.17. The van der Waals surface area contributed by atoms with Crippen molar-refractivity contribution in [1.82, 2.24) is 10.6 Å². The van der Waals surface area contributed by atoms with Gasteiger partial charge in [0.15, 0.2) is 0 Å². The maximum Gasteiger partial charge on any atom is 0.135 e. The van der Waals surface area contributed by atoms with Crippen LogP contribution in [0.1, 0.15) is 18.6 Å². The molecule has 5 heteroatoms. The number of benzene rings is 1. The van der Waals surface area contributed by atoms with Crippen molar-refractivity contribution < 1.29 is 4.42 Å². The zero-order valence-electron chi connectivity index (χ0n) is 12.4. The quantitative estimate of drug-likeness (QED) is 0.851. The molecule has 1 aromatic carbocycles. The molecule has 0 aliphatic carbocycles. The Morgan fingerprint density at radius 3 is 2.77 bits per heavy atom. The van der Waals surface area contributed by atoms with Crippen molar-refractivity contribution in [3.05, 3.63) is 46.1 Å². The normalized spacial score (nSPS) is 16.1. The van der Waals surface area contributed by atoms with Gasteiger partial charge in [-0.05, 0) is 68.7 Å². The third-order valence-electron chi connectivity index (χ3n) is 4.05. The lowest BCUT2D eigenvalue weighted by Gasteiger charge is -2.22. The van der Waals surface area contributed by atoms with Crippen molar-refractivity contribution in [2.75, 3.05) is 19.6 Å². The second-order valence-electron chi connectivity index (χ2n) is 5.71. The predicted molar refractivity (Wildman–Crippen MR) is 91.5 cm³/mol. The van der Waals surface area contributed by atoms with Crippen LogP contribution in [0, 0.1) is 5.92 Å². The summed E-state index contributed by atoms with van der Waals surface area (Å²) in [5.74, 6) is 2.43. The van der Waals surface area contributed by atoms with E-state index in [-0.39, 0.29) is 0 Å². The number of hydrogen-bond acceptors (Lipinski definition) is 3. The van der Waals surface area contributed by atoms with Gasteiger partial charge in [0.2, 0.25) is 0 Å². The van der Waals surface area contributed by atoms with Crippen molar-refractivity contribution in [1.29, 1.82) is 0 Å². The molecular formula is C17H20Cl2N2O. The van der Waals surface area contributed by atoms with Crippen LogP contribution >= 0.6 is 23.2 Å². The van der Waals surface area contributed by atoms with E-state index in [4.69, 9.17) is 27.6 Å². The van der Waals surface area contributed by atoms with Crippen molar-refractivity contribution in [2.45, 2.75) is 19.4 Å². The Balaban J connectivity index is 1.58. The molecule has 0 atom stereocenters. The van der Waals surface area contributed by atoms with Gasteiger partial charge in [0.1, 0.15) is 11.5 Å². The maximum absolute atomic E-state index is 6.21. The number of hydrogen-bond donors (Lipinski definition) is 2. The summed E-state index contributed by atoms with van der Waals surface area (Å²) in [5.41, 5.74) is 0.832. The highest BCUT2D eigenvalue weighted by molar-refractivity contribution is 6.35. The average Bonchev–Trinajstić information content (AvgIpc) is 2.99. The molecule has 2 N–H and O–H groups in total. The molecule has 3 nitrogen and oxygen atoms in total. The molecule has 1 fully saturated rings. The standard InChI is InChI=1S/C17H20Cl2N2O/c18-13-1-3-16(19)15(9-13)17-4-2-14(22-17)11-21-10-12-5-7-20-8-6-12/h1-4,9,12,20-21H,5-8,10-11H2. The zero-order valence-corrected chi connectivity index (χ0v) is 13.9. The molecular weight excluding hydrogens is 319 g/mol. The number of halogens is 2. The lowest BCUT2D eigenvalue weighted by molar-refractivity contribution is 0.350. The summed E-state index contributed by atoms with van der Waals surface area (Å²) in [5, 5.41) is 8.17. The molecule has 0 saturated carbocycles. The third kappa shape index (κ3) is 4.05. The molecule has 1 aliphatic rings. The van der Waals surface area contributed by atoms with Crippen molar-refractivity contribution >= 4 is 23.2 Å². The Labute approximate surface area is 141 Å². The number of piperidine rings is 1. The van der Waals surface area contributed by atoms with Crippen molar-refractivity contribution in [2.24, 2.45) is 5.92 Å². The summed E-state index contributed by atoms with van der Waals surface area (Å²) >= 11 is 12.2. The van der Waals surface area contributed by atoms with Crippen LogP contribution in [-0.2, 0) is 6.54 Å². The minimum Gasteiger partial charge on any atom is -0.460 e. The van der Waals surface area contributed by atoms with E-state index in [1.165, 1.54) is 12.8 Å². The van der Waals surface area contributed by atoms with E-state index in [0.29, 0.717) is 10.0 Å². The summed E-state index contributed by atoms with van der Waals surface area (Å²) in [6.07, 6.45) is 2.49. The lowest BCUT2D eigenvalue weighted by Crippen LogP contribution is -2.33. The van der Waals surface area contributed by atoms with Gasteiger partial charge < -0.3 is 15.1 Å². The SMILES string of the molecule is Clc1ccc(Cl)c(-c2ccc(CNCC3CCNCC3)o2)c1. The van der Waals surface area contributed by atoms with E-state index in [2.05, 4.69) is 10.6 Å². The fraction of sp³-hybridized carbons (Fsp3) is 0.412. The number of nitrogens with one attached hydrogen (secondary N) is 2. The maximum atomic E-state index is 6.21. The predicted octanol–water partition coefficient (Wildman–Crippen LogP) is 4.34. The molecule has 118 valence electrons. The van der Waals surface area contributed by atoms with E-state index in [0.717, 1.165) is 49.2 Å². The highest BCUT2D eigenvalue weighted by Gasteiger charge is 2.13. The second kappa shape index (κ2) is 7.51. The van der Waals surface area contributed by atoms with E-state index in [1.807, 2.05) is 18.2 Å². The Bertz CT molecular complexity index is 621. The van der Waals surface area contributed by atoms with Gasteiger partial charge in [-0.1, -0.05) is 23.2 Å². The largest absolute Gasteiger partial charge is 0.460 e. The molecule has 1 aromatic heterocycles. The van der Waals surface area contributed by atoms with E-state index in [1.54, 1.807) is 12.1 Å². The zero-order chi connectivity index (χ0) is 15.4. The van der Waals surface area contributed by atoms with Crippen molar-refractivity contribution in [3.8, 4) is 11.3 Å². The Kier molecular flexibility index (Phi) is 5.42. The van der Waals surface area contributed by atoms with E-state index in [9.17, 15) is 0 Å². The van der Waals surface area contributed by atoms with Gasteiger partial charge in [-0.15, -0.1) is 0 Å². The summed E-state index contributed by atoms with van der Waals surface area (Å²) in [6.45, 7) is 4.03. The summed E-state index contributed by atoms with van der Waals surface area (Å²) in [6, 6.07) is 9.32. The summed E-state index contributed by atoms with van der Waals surface area (Å²) in [4.78, 5) is 0. The highest BCUT2D eigenvalue weighted by Crippen LogP contribution is 2.31.